The highest BCUT2D eigenvalue weighted by Crippen LogP contribution is 2.32. The molecule has 2 aliphatic rings. The number of rotatable bonds is 2. The zero-order chi connectivity index (χ0) is 11.2. The number of hydroxylamine groups is 2. The molecule has 0 spiro atoms. The van der Waals surface area contributed by atoms with Gasteiger partial charge >= 0.3 is 5.97 Å². The highest BCUT2D eigenvalue weighted by molar-refractivity contribution is 5.78. The van der Waals surface area contributed by atoms with E-state index in [-0.39, 0.29) is 0 Å². The molecule has 0 radical (unpaired) electrons. The number of esters is 1. The molecule has 2 saturated heterocycles. The number of carbonyl (C=O) groups is 1. The standard InChI is InChI=1S/C8H13NO6/c1-9(13-2)7-3(10)5-6(14-7)4(11)8(12)15-5/h3-7,10-11H,1-2H3/t3?,4-,5?,6+,7+/m0/s1. The molecule has 2 rings (SSSR count). The van der Waals surface area contributed by atoms with Crippen LogP contribution in [0.4, 0.5) is 0 Å². The van der Waals surface area contributed by atoms with Crippen molar-refractivity contribution in [1.82, 2.24) is 5.06 Å². The van der Waals surface area contributed by atoms with E-state index in [1.165, 1.54) is 12.2 Å². The predicted molar refractivity (Wildman–Crippen MR) is 45.3 cm³/mol. The second-order valence-electron chi connectivity index (χ2n) is 3.56. The van der Waals surface area contributed by atoms with Gasteiger partial charge in [-0.25, -0.2) is 4.79 Å². The van der Waals surface area contributed by atoms with Gasteiger partial charge in [0.1, 0.15) is 12.2 Å². The molecule has 0 bridgehead atoms. The first-order valence-electron chi connectivity index (χ1n) is 4.55. The number of carbonyl (C=O) groups excluding carboxylic acids is 1. The lowest BCUT2D eigenvalue weighted by Gasteiger charge is -2.24. The number of aliphatic hydroxyl groups is 2. The molecule has 0 amide bonds. The molecule has 15 heavy (non-hydrogen) atoms. The Morgan fingerprint density at radius 2 is 2.07 bits per heavy atom. The molecule has 2 unspecified atom stereocenters. The summed E-state index contributed by atoms with van der Waals surface area (Å²) in [6.07, 6.45) is -4.75. The summed E-state index contributed by atoms with van der Waals surface area (Å²) in [6.45, 7) is 0. The van der Waals surface area contributed by atoms with Crippen LogP contribution >= 0.6 is 0 Å². The van der Waals surface area contributed by atoms with Crippen LogP contribution in [0.15, 0.2) is 0 Å². The summed E-state index contributed by atoms with van der Waals surface area (Å²) in [5, 5.41) is 20.4. The molecule has 0 saturated carbocycles. The minimum atomic E-state index is -1.33. The fraction of sp³-hybridized carbons (Fsp3) is 0.875. The smallest absolute Gasteiger partial charge is 0.338 e. The van der Waals surface area contributed by atoms with Crippen molar-refractivity contribution in [2.24, 2.45) is 0 Å². The van der Waals surface area contributed by atoms with Gasteiger partial charge in [-0.1, -0.05) is 0 Å². The Labute approximate surface area is 86.1 Å². The summed E-state index contributed by atoms with van der Waals surface area (Å²) >= 11 is 0. The number of fused-ring (bicyclic) bond motifs is 1. The number of likely N-dealkylation sites (N-methyl/N-ethyl adjacent to an activating group) is 1. The molecular weight excluding hydrogens is 206 g/mol. The van der Waals surface area contributed by atoms with Crippen molar-refractivity contribution in [1.29, 1.82) is 0 Å². The summed E-state index contributed by atoms with van der Waals surface area (Å²) in [4.78, 5) is 15.8. The highest BCUT2D eigenvalue weighted by Gasteiger charge is 2.57. The zero-order valence-electron chi connectivity index (χ0n) is 8.36. The van der Waals surface area contributed by atoms with E-state index in [0.29, 0.717) is 0 Å². The first-order valence-corrected chi connectivity index (χ1v) is 4.55. The molecule has 2 heterocycles. The quantitative estimate of drug-likeness (QED) is 0.404. The second-order valence-corrected chi connectivity index (χ2v) is 3.56. The molecule has 2 aliphatic heterocycles. The Morgan fingerprint density at radius 3 is 2.60 bits per heavy atom. The van der Waals surface area contributed by atoms with Gasteiger partial charge in [0.15, 0.2) is 18.4 Å². The Hall–Kier alpha value is -0.730. The average molecular weight is 219 g/mol. The van der Waals surface area contributed by atoms with Crippen molar-refractivity contribution >= 4 is 5.97 Å². The molecule has 86 valence electrons. The minimum Gasteiger partial charge on any atom is -0.455 e. The van der Waals surface area contributed by atoms with E-state index >= 15 is 0 Å². The molecule has 0 aromatic rings. The minimum absolute atomic E-state index is 0.743. The van der Waals surface area contributed by atoms with Crippen LogP contribution in [0.25, 0.3) is 0 Å². The third-order valence-corrected chi connectivity index (χ3v) is 2.70. The van der Waals surface area contributed by atoms with Crippen molar-refractivity contribution in [2.45, 2.75) is 30.6 Å². The summed E-state index contributed by atoms with van der Waals surface area (Å²) in [7, 11) is 3.00. The number of nitrogens with zero attached hydrogens (tertiary/aromatic N) is 1. The molecule has 7 nitrogen and oxygen atoms in total. The fourth-order valence-corrected chi connectivity index (χ4v) is 1.81. The molecule has 0 aliphatic carbocycles. The Balaban J connectivity index is 2.11. The molecule has 2 fully saturated rings. The maximum atomic E-state index is 11.0. The number of hydrogen-bond acceptors (Lipinski definition) is 7. The molecular formula is C8H13NO6. The second kappa shape index (κ2) is 3.69. The van der Waals surface area contributed by atoms with Crippen LogP contribution in [-0.4, -0.2) is 66.0 Å². The van der Waals surface area contributed by atoms with Gasteiger partial charge in [0.05, 0.1) is 7.11 Å². The SMILES string of the molecule is CON(C)[C@@H]1O[C@H]2C(OC(=O)[C@H]2O)C1O. The van der Waals surface area contributed by atoms with E-state index in [1.807, 2.05) is 0 Å². The van der Waals surface area contributed by atoms with Crippen molar-refractivity contribution in [3.63, 3.8) is 0 Å². The lowest BCUT2D eigenvalue weighted by molar-refractivity contribution is -0.240. The lowest BCUT2D eigenvalue weighted by Crippen LogP contribution is -2.42. The summed E-state index contributed by atoms with van der Waals surface area (Å²) < 4.78 is 10.1. The largest absolute Gasteiger partial charge is 0.455 e. The summed E-state index contributed by atoms with van der Waals surface area (Å²) in [6, 6.07) is 0. The lowest BCUT2D eigenvalue weighted by atomic mass is 10.1. The third kappa shape index (κ3) is 1.52. The first kappa shape index (κ1) is 10.8. The van der Waals surface area contributed by atoms with Gasteiger partial charge in [-0.15, -0.1) is 0 Å². The summed E-state index contributed by atoms with van der Waals surface area (Å²) in [5.41, 5.74) is 0. The van der Waals surface area contributed by atoms with Crippen molar-refractivity contribution < 1.29 is 29.3 Å². The summed E-state index contributed by atoms with van der Waals surface area (Å²) in [5.74, 6) is -0.762. The molecule has 0 aromatic carbocycles. The topological polar surface area (TPSA) is 88.5 Å². The molecule has 0 aromatic heterocycles. The number of aliphatic hydroxyl groups excluding tert-OH is 2. The normalized spacial score (nSPS) is 44.6. The van der Waals surface area contributed by atoms with Gasteiger partial charge in [-0.2, -0.15) is 5.06 Å². The fourth-order valence-electron chi connectivity index (χ4n) is 1.81. The monoisotopic (exact) mass is 219 g/mol. The van der Waals surface area contributed by atoms with Crippen LogP contribution in [0, 0.1) is 0 Å². The maximum absolute atomic E-state index is 11.0. The van der Waals surface area contributed by atoms with Crippen LogP contribution in [0.2, 0.25) is 0 Å². The van der Waals surface area contributed by atoms with Crippen LogP contribution in [0.3, 0.4) is 0 Å². The van der Waals surface area contributed by atoms with Crippen molar-refractivity contribution in [3.05, 3.63) is 0 Å². The van der Waals surface area contributed by atoms with Crippen LogP contribution in [-0.2, 0) is 19.1 Å². The highest BCUT2D eigenvalue weighted by atomic mass is 16.7. The van der Waals surface area contributed by atoms with E-state index in [0.717, 1.165) is 0 Å². The van der Waals surface area contributed by atoms with Gasteiger partial charge < -0.3 is 19.7 Å². The Kier molecular flexibility index (Phi) is 2.65. The van der Waals surface area contributed by atoms with Crippen molar-refractivity contribution in [2.75, 3.05) is 14.2 Å². The van der Waals surface area contributed by atoms with Crippen LogP contribution in [0.1, 0.15) is 0 Å². The van der Waals surface area contributed by atoms with Gasteiger partial charge in [0.25, 0.3) is 0 Å². The van der Waals surface area contributed by atoms with E-state index < -0.39 is 36.6 Å². The van der Waals surface area contributed by atoms with Gasteiger partial charge in [-0.3, -0.25) is 4.84 Å². The van der Waals surface area contributed by atoms with E-state index in [2.05, 4.69) is 0 Å². The average Bonchev–Trinajstić information content (AvgIpc) is 2.68. The molecule has 5 atom stereocenters. The Morgan fingerprint density at radius 1 is 1.40 bits per heavy atom. The van der Waals surface area contributed by atoms with E-state index in [1.54, 1.807) is 7.05 Å². The van der Waals surface area contributed by atoms with Gasteiger partial charge in [0, 0.05) is 7.05 Å². The maximum Gasteiger partial charge on any atom is 0.338 e. The third-order valence-electron chi connectivity index (χ3n) is 2.70. The van der Waals surface area contributed by atoms with Crippen LogP contribution in [0.5, 0.6) is 0 Å². The first-order chi connectivity index (χ1) is 7.06. The van der Waals surface area contributed by atoms with Crippen LogP contribution < -0.4 is 0 Å². The Bertz CT molecular complexity index is 272. The molecule has 7 heteroatoms. The predicted octanol–water partition coefficient (Wildman–Crippen LogP) is -2.15. The van der Waals surface area contributed by atoms with E-state index in [9.17, 15) is 15.0 Å². The zero-order valence-corrected chi connectivity index (χ0v) is 8.36. The molecule has 2 N–H and O–H groups in total. The van der Waals surface area contributed by atoms with E-state index in [4.69, 9.17) is 14.3 Å². The van der Waals surface area contributed by atoms with Gasteiger partial charge in [-0.05, 0) is 0 Å². The number of ether oxygens (including phenoxy) is 2. The van der Waals surface area contributed by atoms with Crippen molar-refractivity contribution in [3.8, 4) is 0 Å². The number of hydrogen-bond donors (Lipinski definition) is 2. The van der Waals surface area contributed by atoms with Gasteiger partial charge in [0.2, 0.25) is 0 Å².